The first kappa shape index (κ1) is 18.8. The molecule has 1 atom stereocenters. The van der Waals surface area contributed by atoms with E-state index in [0.29, 0.717) is 17.7 Å². The molecule has 26 heavy (non-hydrogen) atoms. The fourth-order valence-corrected chi connectivity index (χ4v) is 5.13. The molecular weight excluding hydrogens is 356 g/mol. The molecule has 2 aliphatic rings. The SMILES string of the molecule is C[C@H](NC(=O)C1CCN(S(=O)(=O)c2ccc3c(c2)CCC3)CC1)C(=O)O. The Morgan fingerprint density at radius 1 is 1.19 bits per heavy atom. The molecule has 0 bridgehead atoms. The molecule has 1 aliphatic heterocycles. The van der Waals surface area contributed by atoms with Crippen molar-refractivity contribution in [2.75, 3.05) is 13.1 Å². The van der Waals surface area contributed by atoms with Crippen molar-refractivity contribution in [2.24, 2.45) is 5.92 Å². The Labute approximate surface area is 153 Å². The number of benzene rings is 1. The number of aryl methyl sites for hydroxylation is 2. The van der Waals surface area contributed by atoms with Crippen LogP contribution in [-0.2, 0) is 32.5 Å². The van der Waals surface area contributed by atoms with Crippen LogP contribution in [0.5, 0.6) is 0 Å². The van der Waals surface area contributed by atoms with Crippen LogP contribution in [0.25, 0.3) is 0 Å². The normalized spacial score (nSPS) is 19.7. The predicted molar refractivity (Wildman–Crippen MR) is 95.2 cm³/mol. The van der Waals surface area contributed by atoms with Crippen molar-refractivity contribution in [3.63, 3.8) is 0 Å². The summed E-state index contributed by atoms with van der Waals surface area (Å²) in [6.45, 7) is 1.94. The number of amides is 1. The van der Waals surface area contributed by atoms with Gasteiger partial charge in [-0.25, -0.2) is 8.42 Å². The molecule has 7 nitrogen and oxygen atoms in total. The standard InChI is InChI=1S/C18H24N2O5S/c1-12(18(22)23)19-17(21)14-7-9-20(10-8-14)26(24,25)16-6-5-13-3-2-4-15(13)11-16/h5-6,11-12,14H,2-4,7-10H2,1H3,(H,19,21)(H,22,23)/t12-/m0/s1. The number of piperidine rings is 1. The van der Waals surface area contributed by atoms with Crippen LogP contribution in [0.1, 0.15) is 37.3 Å². The molecule has 142 valence electrons. The summed E-state index contributed by atoms with van der Waals surface area (Å²) in [6, 6.07) is 4.41. The minimum Gasteiger partial charge on any atom is -0.480 e. The third kappa shape index (κ3) is 3.76. The second-order valence-electron chi connectivity index (χ2n) is 7.03. The number of nitrogens with zero attached hydrogens (tertiary/aromatic N) is 1. The van der Waals surface area contributed by atoms with E-state index in [0.717, 1.165) is 24.8 Å². The molecule has 3 rings (SSSR count). The van der Waals surface area contributed by atoms with Crippen molar-refractivity contribution in [3.05, 3.63) is 29.3 Å². The lowest BCUT2D eigenvalue weighted by Gasteiger charge is -2.31. The molecule has 1 aromatic carbocycles. The largest absolute Gasteiger partial charge is 0.480 e. The maximum atomic E-state index is 12.9. The van der Waals surface area contributed by atoms with E-state index in [4.69, 9.17) is 5.11 Å². The zero-order chi connectivity index (χ0) is 18.9. The molecule has 1 amide bonds. The second-order valence-corrected chi connectivity index (χ2v) is 8.97. The molecule has 2 N–H and O–H groups in total. The van der Waals surface area contributed by atoms with Gasteiger partial charge in [-0.3, -0.25) is 9.59 Å². The van der Waals surface area contributed by atoms with Gasteiger partial charge in [0.05, 0.1) is 4.90 Å². The number of nitrogens with one attached hydrogen (secondary N) is 1. The van der Waals surface area contributed by atoms with Crippen molar-refractivity contribution in [1.82, 2.24) is 9.62 Å². The van der Waals surface area contributed by atoms with Crippen LogP contribution >= 0.6 is 0 Å². The van der Waals surface area contributed by atoms with Gasteiger partial charge < -0.3 is 10.4 Å². The molecule has 0 unspecified atom stereocenters. The van der Waals surface area contributed by atoms with E-state index in [2.05, 4.69) is 5.32 Å². The Hall–Kier alpha value is -1.93. The van der Waals surface area contributed by atoms with Gasteiger partial charge in [-0.2, -0.15) is 4.31 Å². The highest BCUT2D eigenvalue weighted by Gasteiger charge is 2.33. The highest BCUT2D eigenvalue weighted by molar-refractivity contribution is 7.89. The van der Waals surface area contributed by atoms with E-state index in [1.807, 2.05) is 6.07 Å². The summed E-state index contributed by atoms with van der Waals surface area (Å²) in [5.41, 5.74) is 2.34. The van der Waals surface area contributed by atoms with Crippen molar-refractivity contribution < 1.29 is 23.1 Å². The second kappa shape index (κ2) is 7.36. The monoisotopic (exact) mass is 380 g/mol. The van der Waals surface area contributed by atoms with Gasteiger partial charge in [-0.15, -0.1) is 0 Å². The molecular formula is C18H24N2O5S. The molecule has 0 radical (unpaired) electrons. The number of sulfonamides is 1. The topological polar surface area (TPSA) is 104 Å². The Kier molecular flexibility index (Phi) is 5.34. The Bertz CT molecular complexity index is 813. The average Bonchev–Trinajstić information content (AvgIpc) is 3.09. The Balaban J connectivity index is 1.64. The maximum Gasteiger partial charge on any atom is 0.325 e. The third-order valence-electron chi connectivity index (χ3n) is 5.26. The molecule has 0 saturated carbocycles. The van der Waals surface area contributed by atoms with E-state index >= 15 is 0 Å². The van der Waals surface area contributed by atoms with E-state index in [9.17, 15) is 18.0 Å². The van der Waals surface area contributed by atoms with Crippen LogP contribution in [0.4, 0.5) is 0 Å². The quantitative estimate of drug-likeness (QED) is 0.798. The first-order valence-corrected chi connectivity index (χ1v) is 10.4. The zero-order valence-corrected chi connectivity index (χ0v) is 15.6. The lowest BCUT2D eigenvalue weighted by Crippen LogP contribution is -2.46. The number of aliphatic carboxylic acids is 1. The fraction of sp³-hybridized carbons (Fsp3) is 0.556. The van der Waals surface area contributed by atoms with Gasteiger partial charge >= 0.3 is 5.97 Å². The van der Waals surface area contributed by atoms with Crippen molar-refractivity contribution in [1.29, 1.82) is 0 Å². The first-order valence-electron chi connectivity index (χ1n) is 8.94. The van der Waals surface area contributed by atoms with Crippen LogP contribution in [0, 0.1) is 5.92 Å². The number of hydrogen-bond acceptors (Lipinski definition) is 4. The maximum absolute atomic E-state index is 12.9. The lowest BCUT2D eigenvalue weighted by atomic mass is 9.97. The van der Waals surface area contributed by atoms with Crippen LogP contribution in [0.3, 0.4) is 0 Å². The fourth-order valence-electron chi connectivity index (χ4n) is 3.61. The number of hydrogen-bond donors (Lipinski definition) is 2. The van der Waals surface area contributed by atoms with Crippen LogP contribution in [0.15, 0.2) is 23.1 Å². The van der Waals surface area contributed by atoms with Crippen molar-refractivity contribution in [2.45, 2.75) is 50.0 Å². The van der Waals surface area contributed by atoms with Crippen LogP contribution in [0.2, 0.25) is 0 Å². The summed E-state index contributed by atoms with van der Waals surface area (Å²) in [5.74, 6) is -1.77. The van der Waals surface area contributed by atoms with Gasteiger partial charge in [0.1, 0.15) is 6.04 Å². The summed E-state index contributed by atoms with van der Waals surface area (Å²) < 4.78 is 27.2. The molecule has 1 heterocycles. The highest BCUT2D eigenvalue weighted by atomic mass is 32.2. The average molecular weight is 380 g/mol. The van der Waals surface area contributed by atoms with Gasteiger partial charge in [-0.1, -0.05) is 6.07 Å². The van der Waals surface area contributed by atoms with E-state index in [1.54, 1.807) is 12.1 Å². The van der Waals surface area contributed by atoms with E-state index < -0.39 is 22.0 Å². The Morgan fingerprint density at radius 3 is 2.50 bits per heavy atom. The predicted octanol–water partition coefficient (Wildman–Crippen LogP) is 1.17. The number of rotatable bonds is 5. The third-order valence-corrected chi connectivity index (χ3v) is 7.16. The first-order chi connectivity index (χ1) is 12.3. The van der Waals surface area contributed by atoms with Gasteiger partial charge in [0, 0.05) is 19.0 Å². The number of fused-ring (bicyclic) bond motifs is 1. The summed E-state index contributed by atoms with van der Waals surface area (Å²) in [4.78, 5) is 23.3. The van der Waals surface area contributed by atoms with Crippen molar-refractivity contribution >= 4 is 21.9 Å². The van der Waals surface area contributed by atoms with E-state index in [1.165, 1.54) is 16.8 Å². The number of carboxylic acids is 1. The Morgan fingerprint density at radius 2 is 1.85 bits per heavy atom. The summed E-state index contributed by atoms with van der Waals surface area (Å²) >= 11 is 0. The molecule has 8 heteroatoms. The molecule has 1 fully saturated rings. The summed E-state index contributed by atoms with van der Waals surface area (Å²) in [7, 11) is -3.56. The van der Waals surface area contributed by atoms with E-state index in [-0.39, 0.29) is 24.9 Å². The summed E-state index contributed by atoms with van der Waals surface area (Å²) in [6.07, 6.45) is 3.77. The summed E-state index contributed by atoms with van der Waals surface area (Å²) in [5, 5.41) is 11.3. The number of carbonyl (C=O) groups is 2. The van der Waals surface area contributed by atoms with Gasteiger partial charge in [0.25, 0.3) is 0 Å². The van der Waals surface area contributed by atoms with Crippen LogP contribution < -0.4 is 5.32 Å². The minimum absolute atomic E-state index is 0.263. The number of carboxylic acid groups (broad SMARTS) is 1. The minimum atomic E-state index is -3.56. The highest BCUT2D eigenvalue weighted by Crippen LogP contribution is 2.28. The smallest absolute Gasteiger partial charge is 0.325 e. The zero-order valence-electron chi connectivity index (χ0n) is 14.8. The number of carbonyl (C=O) groups excluding carboxylic acids is 1. The van der Waals surface area contributed by atoms with Gasteiger partial charge in [0.15, 0.2) is 0 Å². The molecule has 1 aliphatic carbocycles. The molecule has 0 aromatic heterocycles. The lowest BCUT2D eigenvalue weighted by molar-refractivity contribution is -0.142. The van der Waals surface area contributed by atoms with Crippen molar-refractivity contribution in [3.8, 4) is 0 Å². The molecule has 0 spiro atoms. The molecule has 1 saturated heterocycles. The van der Waals surface area contributed by atoms with Gasteiger partial charge in [-0.05, 0) is 62.3 Å². The van der Waals surface area contributed by atoms with Gasteiger partial charge in [0.2, 0.25) is 15.9 Å². The molecule has 1 aromatic rings. The van der Waals surface area contributed by atoms with Crippen LogP contribution in [-0.4, -0.2) is 48.8 Å².